The van der Waals surface area contributed by atoms with Gasteiger partial charge in [0.2, 0.25) is 0 Å². The van der Waals surface area contributed by atoms with Gasteiger partial charge < -0.3 is 15.0 Å². The molecule has 0 atom stereocenters. The third-order valence-electron chi connectivity index (χ3n) is 4.00. The third kappa shape index (κ3) is 2.62. The van der Waals surface area contributed by atoms with Crippen LogP contribution in [0.25, 0.3) is 0 Å². The minimum atomic E-state index is -0.359. The number of carbonyl (C=O) groups excluding carboxylic acids is 1. The smallest absolute Gasteiger partial charge is 0.257 e. The Labute approximate surface area is 128 Å². The van der Waals surface area contributed by atoms with Crippen LogP contribution in [-0.4, -0.2) is 18.0 Å². The Balaban J connectivity index is 1.77. The molecule has 22 heavy (non-hydrogen) atoms. The number of rotatable bonds is 4. The largest absolute Gasteiger partial charge is 0.496 e. The first kappa shape index (κ1) is 14.4. The number of aromatic nitrogens is 1. The van der Waals surface area contributed by atoms with E-state index >= 15 is 0 Å². The molecule has 2 aromatic rings. The Morgan fingerprint density at radius 1 is 1.32 bits per heavy atom. The zero-order valence-corrected chi connectivity index (χ0v) is 12.4. The maximum Gasteiger partial charge on any atom is 0.257 e. The highest BCUT2D eigenvalue weighted by atomic mass is 16.5. The molecule has 0 fully saturated rings. The van der Waals surface area contributed by atoms with E-state index in [4.69, 9.17) is 4.74 Å². The molecule has 0 bridgehead atoms. The molecule has 1 amide bonds. The summed E-state index contributed by atoms with van der Waals surface area (Å²) in [4.78, 5) is 27.7. The quantitative estimate of drug-likeness (QED) is 0.904. The molecule has 1 heterocycles. The molecule has 1 aliphatic rings. The lowest BCUT2D eigenvalue weighted by molar-refractivity contribution is 0.0949. The van der Waals surface area contributed by atoms with E-state index in [-0.39, 0.29) is 16.9 Å². The summed E-state index contributed by atoms with van der Waals surface area (Å²) in [6.07, 6.45) is 4.11. The molecule has 0 saturated carbocycles. The summed E-state index contributed by atoms with van der Waals surface area (Å²) in [6, 6.07) is 7.47. The third-order valence-corrected chi connectivity index (χ3v) is 4.00. The van der Waals surface area contributed by atoms with Crippen molar-refractivity contribution in [1.82, 2.24) is 10.3 Å². The summed E-state index contributed by atoms with van der Waals surface area (Å²) in [7, 11) is 1.59. The fourth-order valence-electron chi connectivity index (χ4n) is 2.83. The predicted molar refractivity (Wildman–Crippen MR) is 83.3 cm³/mol. The van der Waals surface area contributed by atoms with E-state index < -0.39 is 0 Å². The molecule has 2 N–H and O–H groups in total. The van der Waals surface area contributed by atoms with Gasteiger partial charge in [0.15, 0.2) is 5.43 Å². The molecule has 3 rings (SSSR count). The van der Waals surface area contributed by atoms with Gasteiger partial charge >= 0.3 is 0 Å². The lowest BCUT2D eigenvalue weighted by Crippen LogP contribution is -2.30. The molecule has 0 radical (unpaired) electrons. The number of hydrogen-bond acceptors (Lipinski definition) is 3. The van der Waals surface area contributed by atoms with E-state index in [1.807, 2.05) is 24.3 Å². The van der Waals surface area contributed by atoms with E-state index in [2.05, 4.69) is 10.3 Å². The van der Waals surface area contributed by atoms with Gasteiger partial charge in [0.05, 0.1) is 7.11 Å². The Hall–Kier alpha value is -2.56. The monoisotopic (exact) mass is 298 g/mol. The number of fused-ring (bicyclic) bond motifs is 1. The molecular formula is C17H18N2O3. The molecular weight excluding hydrogens is 280 g/mol. The molecule has 5 nitrogen and oxygen atoms in total. The minimum absolute atomic E-state index is 0.149. The van der Waals surface area contributed by atoms with Crippen LogP contribution in [0, 0.1) is 0 Å². The molecule has 1 aromatic heterocycles. The second-order valence-corrected chi connectivity index (χ2v) is 5.34. The number of aryl methyl sites for hydroxylation is 1. The van der Waals surface area contributed by atoms with Crippen molar-refractivity contribution in [3.63, 3.8) is 0 Å². The fourth-order valence-corrected chi connectivity index (χ4v) is 2.83. The van der Waals surface area contributed by atoms with Crippen LogP contribution in [0.5, 0.6) is 5.75 Å². The van der Waals surface area contributed by atoms with Gasteiger partial charge in [0, 0.05) is 29.6 Å². The number of para-hydroxylation sites is 1. The Kier molecular flexibility index (Phi) is 3.96. The first-order chi connectivity index (χ1) is 10.7. The number of ether oxygens (including phenoxy) is 1. The summed E-state index contributed by atoms with van der Waals surface area (Å²) in [6.45, 7) is 0.319. The van der Waals surface area contributed by atoms with Crippen LogP contribution in [0.1, 0.15) is 33.6 Å². The number of methoxy groups -OCH3 is 1. The molecule has 0 unspecified atom stereocenters. The van der Waals surface area contributed by atoms with Gasteiger partial charge in [0.25, 0.3) is 5.91 Å². The van der Waals surface area contributed by atoms with Crippen molar-refractivity contribution < 1.29 is 9.53 Å². The summed E-state index contributed by atoms with van der Waals surface area (Å²) in [5.74, 6) is 0.354. The highest BCUT2D eigenvalue weighted by Gasteiger charge is 2.20. The van der Waals surface area contributed by atoms with Gasteiger partial charge in [-0.15, -0.1) is 0 Å². The van der Waals surface area contributed by atoms with Crippen molar-refractivity contribution in [2.75, 3.05) is 7.11 Å². The Morgan fingerprint density at radius 3 is 2.95 bits per heavy atom. The van der Waals surface area contributed by atoms with Crippen LogP contribution in [0.2, 0.25) is 0 Å². The van der Waals surface area contributed by atoms with Crippen LogP contribution >= 0.6 is 0 Å². The first-order valence-corrected chi connectivity index (χ1v) is 7.34. The lowest BCUT2D eigenvalue weighted by atomic mass is 10.1. The number of aromatic amines is 1. The van der Waals surface area contributed by atoms with Crippen molar-refractivity contribution in [2.45, 2.75) is 25.8 Å². The lowest BCUT2D eigenvalue weighted by Gasteiger charge is -2.10. The summed E-state index contributed by atoms with van der Waals surface area (Å²) in [5.41, 5.74) is 2.62. The first-order valence-electron chi connectivity index (χ1n) is 7.34. The maximum atomic E-state index is 12.3. The van der Waals surface area contributed by atoms with E-state index in [0.717, 1.165) is 36.1 Å². The van der Waals surface area contributed by atoms with Crippen molar-refractivity contribution in [3.8, 4) is 5.75 Å². The molecule has 114 valence electrons. The number of pyridine rings is 1. The molecule has 0 spiro atoms. The van der Waals surface area contributed by atoms with Gasteiger partial charge in [0.1, 0.15) is 11.3 Å². The topological polar surface area (TPSA) is 71.2 Å². The zero-order valence-electron chi connectivity index (χ0n) is 12.4. The van der Waals surface area contributed by atoms with Crippen LogP contribution in [0.15, 0.2) is 35.3 Å². The molecule has 1 aromatic carbocycles. The predicted octanol–water partition coefficient (Wildman–Crippen LogP) is 1.80. The van der Waals surface area contributed by atoms with E-state index in [1.54, 1.807) is 7.11 Å². The molecule has 0 saturated heterocycles. The highest BCUT2D eigenvalue weighted by molar-refractivity contribution is 5.94. The standard InChI is InChI=1S/C17H18N2O3/c1-22-15-8-3-2-5-11(15)9-19-17(21)13-10-18-14-7-4-6-12(14)16(13)20/h2-3,5,8,10H,4,6-7,9H2,1H3,(H,18,20)(H,19,21). The second-order valence-electron chi connectivity index (χ2n) is 5.34. The van der Waals surface area contributed by atoms with Crippen molar-refractivity contribution in [1.29, 1.82) is 0 Å². The SMILES string of the molecule is COc1ccccc1CNC(=O)c1c[nH]c2c(c1=O)CCC2. The Bertz CT molecular complexity index is 765. The van der Waals surface area contributed by atoms with E-state index in [9.17, 15) is 9.59 Å². The normalized spacial score (nSPS) is 12.8. The van der Waals surface area contributed by atoms with Gasteiger partial charge in [-0.1, -0.05) is 18.2 Å². The van der Waals surface area contributed by atoms with Crippen LogP contribution in [0.3, 0.4) is 0 Å². The van der Waals surface area contributed by atoms with Crippen molar-refractivity contribution in [3.05, 3.63) is 63.1 Å². The highest BCUT2D eigenvalue weighted by Crippen LogP contribution is 2.18. The minimum Gasteiger partial charge on any atom is -0.496 e. The number of nitrogens with one attached hydrogen (secondary N) is 2. The number of amides is 1. The van der Waals surface area contributed by atoms with Crippen molar-refractivity contribution >= 4 is 5.91 Å². The average molecular weight is 298 g/mol. The van der Waals surface area contributed by atoms with Crippen molar-refractivity contribution in [2.24, 2.45) is 0 Å². The van der Waals surface area contributed by atoms with Gasteiger partial charge in [-0.3, -0.25) is 9.59 Å². The molecule has 5 heteroatoms. The van der Waals surface area contributed by atoms with Crippen LogP contribution in [0.4, 0.5) is 0 Å². The molecule has 0 aliphatic heterocycles. The van der Waals surface area contributed by atoms with Gasteiger partial charge in [-0.2, -0.15) is 0 Å². The number of hydrogen-bond donors (Lipinski definition) is 2. The van der Waals surface area contributed by atoms with Gasteiger partial charge in [-0.05, 0) is 25.3 Å². The zero-order chi connectivity index (χ0) is 15.5. The van der Waals surface area contributed by atoms with E-state index in [1.165, 1.54) is 6.20 Å². The van der Waals surface area contributed by atoms with Gasteiger partial charge in [-0.25, -0.2) is 0 Å². The molecule has 1 aliphatic carbocycles. The van der Waals surface area contributed by atoms with Crippen LogP contribution < -0.4 is 15.5 Å². The summed E-state index contributed by atoms with van der Waals surface area (Å²) >= 11 is 0. The number of carbonyl (C=O) groups is 1. The maximum absolute atomic E-state index is 12.3. The summed E-state index contributed by atoms with van der Waals surface area (Å²) in [5, 5.41) is 2.78. The Morgan fingerprint density at radius 2 is 2.14 bits per heavy atom. The van der Waals surface area contributed by atoms with Crippen LogP contribution in [-0.2, 0) is 19.4 Å². The summed E-state index contributed by atoms with van der Waals surface area (Å²) < 4.78 is 5.25. The average Bonchev–Trinajstić information content (AvgIpc) is 3.02. The van der Waals surface area contributed by atoms with E-state index in [0.29, 0.717) is 12.3 Å². The second kappa shape index (κ2) is 6.05. The number of H-pyrrole nitrogens is 1. The number of benzene rings is 1. The fraction of sp³-hybridized carbons (Fsp3) is 0.294.